The van der Waals surface area contributed by atoms with Gasteiger partial charge in [0.2, 0.25) is 0 Å². The number of hydrogen-bond donors (Lipinski definition) is 4. The van der Waals surface area contributed by atoms with Gasteiger partial charge in [-0.3, -0.25) is 10.9 Å². The van der Waals surface area contributed by atoms with Crippen molar-refractivity contribution in [3.8, 4) is 0 Å². The smallest absolute Gasteiger partial charge is 0.189 e. The molecule has 0 fully saturated rings. The van der Waals surface area contributed by atoms with Crippen LogP contribution >= 0.6 is 40.4 Å². The van der Waals surface area contributed by atoms with Crippen molar-refractivity contribution in [3.05, 3.63) is 28.7 Å². The second kappa shape index (κ2) is 9.06. The fourth-order valence-corrected chi connectivity index (χ4v) is 2.00. The van der Waals surface area contributed by atoms with Crippen LogP contribution in [0.15, 0.2) is 28.7 Å². The summed E-state index contributed by atoms with van der Waals surface area (Å²) in [5, 5.41) is 7.06. The van der Waals surface area contributed by atoms with E-state index in [0.717, 1.165) is 23.2 Å². The Morgan fingerprint density at radius 1 is 1.20 bits per heavy atom. The van der Waals surface area contributed by atoms with Gasteiger partial charge in [0.25, 0.3) is 0 Å². The second-order valence-electron chi connectivity index (χ2n) is 4.27. The molecule has 1 aromatic carbocycles. The number of benzene rings is 1. The summed E-state index contributed by atoms with van der Waals surface area (Å²) in [6, 6.07) is 7.73. The van der Waals surface area contributed by atoms with Crippen LogP contribution in [-0.4, -0.2) is 42.3 Å². The van der Waals surface area contributed by atoms with Gasteiger partial charge in [0, 0.05) is 23.2 Å². The number of hydrogen-bond acceptors (Lipinski definition) is 3. The van der Waals surface area contributed by atoms with Gasteiger partial charge < -0.3 is 15.5 Å². The summed E-state index contributed by atoms with van der Waals surface area (Å²) in [7, 11) is 4.01. The molecule has 0 atom stereocenters. The first-order valence-electron chi connectivity index (χ1n) is 5.98. The highest BCUT2D eigenvalue weighted by atomic mass is 79.9. The number of likely N-dealkylation sites (N-methyl/N-ethyl adjacent to an activating group) is 1. The lowest BCUT2D eigenvalue weighted by Crippen LogP contribution is -2.49. The van der Waals surface area contributed by atoms with Gasteiger partial charge in [-0.2, -0.15) is 0 Å². The third-order valence-electron chi connectivity index (χ3n) is 2.22. The number of nitrogens with zero attached hydrogens (tertiary/aromatic N) is 1. The van der Waals surface area contributed by atoms with Crippen molar-refractivity contribution in [2.75, 3.05) is 32.5 Å². The number of nitrogens with one attached hydrogen (secondary N) is 4. The van der Waals surface area contributed by atoms with E-state index in [1.165, 1.54) is 0 Å². The predicted molar refractivity (Wildman–Crippen MR) is 95.8 cm³/mol. The zero-order valence-corrected chi connectivity index (χ0v) is 14.6. The molecule has 1 rings (SSSR count). The maximum atomic E-state index is 5.16. The molecule has 0 aliphatic rings. The van der Waals surface area contributed by atoms with E-state index in [1.54, 1.807) is 0 Å². The minimum absolute atomic E-state index is 0.444. The largest absolute Gasteiger partial charge is 0.360 e. The van der Waals surface area contributed by atoms with E-state index >= 15 is 0 Å². The zero-order valence-electron chi connectivity index (χ0n) is 11.4. The fourth-order valence-electron chi connectivity index (χ4n) is 1.28. The van der Waals surface area contributed by atoms with E-state index in [4.69, 9.17) is 24.4 Å². The van der Waals surface area contributed by atoms with Crippen molar-refractivity contribution < 1.29 is 0 Å². The highest BCUT2D eigenvalue weighted by Gasteiger charge is 1.99. The van der Waals surface area contributed by atoms with Crippen molar-refractivity contribution in [1.82, 2.24) is 21.1 Å². The van der Waals surface area contributed by atoms with Crippen molar-refractivity contribution >= 4 is 56.3 Å². The number of thiocarbonyl (C=S) groups is 2. The molecule has 0 saturated carbocycles. The summed E-state index contributed by atoms with van der Waals surface area (Å²) in [5.41, 5.74) is 6.55. The standard InChI is InChI=1S/C12H18BrN5S2/c1-18(2)7-6-14-11(19)16-17-12(20)15-10-5-3-4-9(13)8-10/h3-5,8H,6-7H2,1-2H3,(H2,14,16,19)(H2,15,17,20). The molecule has 0 aliphatic heterocycles. The van der Waals surface area contributed by atoms with Crippen molar-refractivity contribution in [2.45, 2.75) is 0 Å². The summed E-state index contributed by atoms with van der Waals surface area (Å²) >= 11 is 13.7. The maximum Gasteiger partial charge on any atom is 0.189 e. The molecule has 0 aliphatic carbocycles. The van der Waals surface area contributed by atoms with Crippen molar-refractivity contribution in [1.29, 1.82) is 0 Å². The first-order valence-corrected chi connectivity index (χ1v) is 7.59. The molecule has 5 nitrogen and oxygen atoms in total. The molecule has 0 bridgehead atoms. The van der Waals surface area contributed by atoms with Crippen LogP contribution < -0.4 is 21.5 Å². The van der Waals surface area contributed by atoms with Gasteiger partial charge in [0.1, 0.15) is 0 Å². The molecule has 0 heterocycles. The predicted octanol–water partition coefficient (Wildman–Crippen LogP) is 1.68. The molecular formula is C12H18BrN5S2. The van der Waals surface area contributed by atoms with E-state index in [0.29, 0.717) is 10.2 Å². The molecular weight excluding hydrogens is 358 g/mol. The minimum atomic E-state index is 0.444. The summed E-state index contributed by atoms with van der Waals surface area (Å²) in [6.45, 7) is 1.68. The Hall–Kier alpha value is -0.960. The van der Waals surface area contributed by atoms with Crippen LogP contribution in [0, 0.1) is 0 Å². The molecule has 1 aromatic rings. The van der Waals surface area contributed by atoms with Crippen LogP contribution in [0.4, 0.5) is 5.69 Å². The molecule has 0 spiro atoms. The summed E-state index contributed by atoms with van der Waals surface area (Å²) in [4.78, 5) is 2.07. The average Bonchev–Trinajstić information content (AvgIpc) is 2.36. The van der Waals surface area contributed by atoms with E-state index in [1.807, 2.05) is 38.4 Å². The Balaban J connectivity index is 2.24. The van der Waals surface area contributed by atoms with Crippen LogP contribution in [0.25, 0.3) is 0 Å². The molecule has 8 heteroatoms. The third kappa shape index (κ3) is 7.59. The second-order valence-corrected chi connectivity index (χ2v) is 6.01. The fraction of sp³-hybridized carbons (Fsp3) is 0.333. The van der Waals surface area contributed by atoms with Crippen LogP contribution in [0.2, 0.25) is 0 Å². The van der Waals surface area contributed by atoms with Gasteiger partial charge in [0.15, 0.2) is 10.2 Å². The number of anilines is 1. The van der Waals surface area contributed by atoms with Gasteiger partial charge in [-0.25, -0.2) is 0 Å². The minimum Gasteiger partial charge on any atom is -0.360 e. The Kier molecular flexibility index (Phi) is 7.75. The summed E-state index contributed by atoms with van der Waals surface area (Å²) in [5.74, 6) is 0. The zero-order chi connectivity index (χ0) is 15.0. The Bertz CT molecular complexity index is 467. The first-order chi connectivity index (χ1) is 9.47. The Morgan fingerprint density at radius 3 is 2.55 bits per heavy atom. The van der Waals surface area contributed by atoms with Crippen molar-refractivity contribution in [2.24, 2.45) is 0 Å². The lowest BCUT2D eigenvalue weighted by Gasteiger charge is -2.15. The number of hydrazine groups is 1. The van der Waals surface area contributed by atoms with Gasteiger partial charge in [-0.1, -0.05) is 22.0 Å². The number of rotatable bonds is 4. The maximum absolute atomic E-state index is 5.16. The first kappa shape index (κ1) is 17.1. The molecule has 110 valence electrons. The highest BCUT2D eigenvalue weighted by molar-refractivity contribution is 9.10. The normalized spacial score (nSPS) is 10.0. The van der Waals surface area contributed by atoms with Crippen LogP contribution in [-0.2, 0) is 0 Å². The SMILES string of the molecule is CN(C)CCNC(=S)NNC(=S)Nc1cccc(Br)c1. The Labute approximate surface area is 138 Å². The quantitative estimate of drug-likeness (QED) is 0.471. The van der Waals surface area contributed by atoms with Crippen LogP contribution in [0.5, 0.6) is 0 Å². The third-order valence-corrected chi connectivity index (χ3v) is 3.16. The van der Waals surface area contributed by atoms with Gasteiger partial charge in [-0.15, -0.1) is 0 Å². The lowest BCUT2D eigenvalue weighted by atomic mass is 10.3. The molecule has 0 aromatic heterocycles. The van der Waals surface area contributed by atoms with Gasteiger partial charge in [0.05, 0.1) is 0 Å². The average molecular weight is 376 g/mol. The topological polar surface area (TPSA) is 51.4 Å². The van der Waals surface area contributed by atoms with Crippen LogP contribution in [0.3, 0.4) is 0 Å². The van der Waals surface area contributed by atoms with E-state index < -0.39 is 0 Å². The van der Waals surface area contributed by atoms with Crippen LogP contribution in [0.1, 0.15) is 0 Å². The van der Waals surface area contributed by atoms with Gasteiger partial charge in [-0.05, 0) is 56.7 Å². The molecule has 4 N–H and O–H groups in total. The molecule has 0 radical (unpaired) electrons. The lowest BCUT2D eigenvalue weighted by molar-refractivity contribution is 0.412. The highest BCUT2D eigenvalue weighted by Crippen LogP contribution is 2.15. The van der Waals surface area contributed by atoms with E-state index in [9.17, 15) is 0 Å². The Morgan fingerprint density at radius 2 is 1.90 bits per heavy atom. The van der Waals surface area contributed by atoms with Crippen molar-refractivity contribution in [3.63, 3.8) is 0 Å². The van der Waals surface area contributed by atoms with Gasteiger partial charge >= 0.3 is 0 Å². The van der Waals surface area contributed by atoms with E-state index in [-0.39, 0.29) is 0 Å². The molecule has 0 unspecified atom stereocenters. The molecule has 0 saturated heterocycles. The summed E-state index contributed by atoms with van der Waals surface area (Å²) < 4.78 is 0.985. The molecule has 0 amide bonds. The summed E-state index contributed by atoms with van der Waals surface area (Å²) in [6.07, 6.45) is 0. The number of halogens is 1. The molecule has 20 heavy (non-hydrogen) atoms. The monoisotopic (exact) mass is 375 g/mol. The van der Waals surface area contributed by atoms with E-state index in [2.05, 4.69) is 42.3 Å².